The lowest BCUT2D eigenvalue weighted by molar-refractivity contribution is 1.21. The van der Waals surface area contributed by atoms with Crippen molar-refractivity contribution in [3.63, 3.8) is 0 Å². The summed E-state index contributed by atoms with van der Waals surface area (Å²) in [6.07, 6.45) is 1.47. The average molecular weight is 228 g/mol. The van der Waals surface area contributed by atoms with E-state index < -0.39 is 0 Å². The Kier molecular flexibility index (Phi) is 2.44. The number of rotatable bonds is 1. The monoisotopic (exact) mass is 227 g/mol. The summed E-state index contributed by atoms with van der Waals surface area (Å²) in [6, 6.07) is 3.45. The van der Waals surface area contributed by atoms with Gasteiger partial charge in [0.1, 0.15) is 12.1 Å². The minimum Gasteiger partial charge on any atom is -0.373 e. The second-order valence-electron chi connectivity index (χ2n) is 2.76. The van der Waals surface area contributed by atoms with Gasteiger partial charge in [0.2, 0.25) is 0 Å². The van der Waals surface area contributed by atoms with Gasteiger partial charge in [0, 0.05) is 17.5 Å². The van der Waals surface area contributed by atoms with Crippen LogP contribution in [-0.4, -0.2) is 17.0 Å². The van der Waals surface area contributed by atoms with Crippen LogP contribution in [0.15, 0.2) is 18.5 Å². The maximum Gasteiger partial charge on any atom is 0.137 e. The SMILES string of the molecule is CNc1ncnc2c(Cl)cc(Cl)cc12. The molecule has 1 N–H and O–H groups in total. The molecule has 5 heteroatoms. The number of hydrogen-bond acceptors (Lipinski definition) is 3. The summed E-state index contributed by atoms with van der Waals surface area (Å²) in [4.78, 5) is 8.16. The van der Waals surface area contributed by atoms with Gasteiger partial charge in [-0.2, -0.15) is 0 Å². The summed E-state index contributed by atoms with van der Waals surface area (Å²) < 4.78 is 0. The Morgan fingerprint density at radius 2 is 2.00 bits per heavy atom. The van der Waals surface area contributed by atoms with Crippen molar-refractivity contribution < 1.29 is 0 Å². The van der Waals surface area contributed by atoms with Crippen LogP contribution in [0.3, 0.4) is 0 Å². The fourth-order valence-corrected chi connectivity index (χ4v) is 1.83. The lowest BCUT2D eigenvalue weighted by Crippen LogP contribution is -1.94. The highest BCUT2D eigenvalue weighted by Gasteiger charge is 2.06. The van der Waals surface area contributed by atoms with Gasteiger partial charge in [0.05, 0.1) is 10.5 Å². The van der Waals surface area contributed by atoms with Crippen molar-refractivity contribution in [3.05, 3.63) is 28.5 Å². The molecule has 0 spiro atoms. The van der Waals surface area contributed by atoms with Crippen LogP contribution in [-0.2, 0) is 0 Å². The molecule has 72 valence electrons. The van der Waals surface area contributed by atoms with E-state index in [0.717, 1.165) is 11.2 Å². The Morgan fingerprint density at radius 1 is 1.21 bits per heavy atom. The topological polar surface area (TPSA) is 37.8 Å². The van der Waals surface area contributed by atoms with Gasteiger partial charge in [-0.1, -0.05) is 23.2 Å². The number of aromatic nitrogens is 2. The molecule has 0 aliphatic heterocycles. The van der Waals surface area contributed by atoms with E-state index in [4.69, 9.17) is 23.2 Å². The molecule has 0 saturated heterocycles. The van der Waals surface area contributed by atoms with Crippen molar-refractivity contribution in [1.29, 1.82) is 0 Å². The Hall–Kier alpha value is -1.06. The smallest absolute Gasteiger partial charge is 0.137 e. The molecule has 0 amide bonds. The first-order chi connectivity index (χ1) is 6.72. The molecule has 0 unspecified atom stereocenters. The molecule has 1 heterocycles. The molecule has 0 saturated carbocycles. The number of nitrogens with one attached hydrogen (secondary N) is 1. The molecule has 3 nitrogen and oxygen atoms in total. The maximum absolute atomic E-state index is 5.99. The van der Waals surface area contributed by atoms with E-state index in [1.807, 2.05) is 0 Å². The summed E-state index contributed by atoms with van der Waals surface area (Å²) in [7, 11) is 1.79. The van der Waals surface area contributed by atoms with E-state index in [1.165, 1.54) is 6.33 Å². The van der Waals surface area contributed by atoms with Crippen molar-refractivity contribution in [2.24, 2.45) is 0 Å². The van der Waals surface area contributed by atoms with Crippen molar-refractivity contribution >= 4 is 39.9 Å². The Morgan fingerprint density at radius 3 is 2.71 bits per heavy atom. The first-order valence-corrected chi connectivity index (χ1v) is 4.75. The Labute approximate surface area is 91.1 Å². The van der Waals surface area contributed by atoms with Gasteiger partial charge in [-0.15, -0.1) is 0 Å². The van der Waals surface area contributed by atoms with Crippen LogP contribution in [0.4, 0.5) is 5.82 Å². The number of benzene rings is 1. The van der Waals surface area contributed by atoms with Crippen molar-refractivity contribution in [3.8, 4) is 0 Å². The lowest BCUT2D eigenvalue weighted by Gasteiger charge is -2.05. The molecule has 0 aliphatic rings. The van der Waals surface area contributed by atoms with Crippen molar-refractivity contribution in [2.75, 3.05) is 12.4 Å². The molecule has 2 aromatic rings. The van der Waals surface area contributed by atoms with Gasteiger partial charge < -0.3 is 5.32 Å². The zero-order valence-corrected chi connectivity index (χ0v) is 8.89. The largest absolute Gasteiger partial charge is 0.373 e. The highest BCUT2D eigenvalue weighted by Crippen LogP contribution is 2.29. The summed E-state index contributed by atoms with van der Waals surface area (Å²) >= 11 is 11.9. The molecule has 0 aliphatic carbocycles. The molecule has 0 radical (unpaired) electrons. The molecule has 2 rings (SSSR count). The lowest BCUT2D eigenvalue weighted by atomic mass is 10.2. The van der Waals surface area contributed by atoms with Gasteiger partial charge in [0.25, 0.3) is 0 Å². The third-order valence-electron chi connectivity index (χ3n) is 1.89. The molecule has 0 bridgehead atoms. The molecule has 0 fully saturated rings. The van der Waals surface area contributed by atoms with Crippen LogP contribution in [0, 0.1) is 0 Å². The number of fused-ring (bicyclic) bond motifs is 1. The summed E-state index contributed by atoms with van der Waals surface area (Å²) in [6.45, 7) is 0. The zero-order chi connectivity index (χ0) is 10.1. The van der Waals surface area contributed by atoms with E-state index in [2.05, 4.69) is 15.3 Å². The zero-order valence-electron chi connectivity index (χ0n) is 7.38. The number of halogens is 2. The summed E-state index contributed by atoms with van der Waals surface area (Å²) in [5.41, 5.74) is 0.704. The second-order valence-corrected chi connectivity index (χ2v) is 3.60. The fraction of sp³-hybridized carbons (Fsp3) is 0.111. The number of anilines is 1. The molecule has 1 aromatic carbocycles. The predicted molar refractivity (Wildman–Crippen MR) is 59.1 cm³/mol. The molecule has 14 heavy (non-hydrogen) atoms. The molecule has 1 aromatic heterocycles. The second kappa shape index (κ2) is 3.59. The van der Waals surface area contributed by atoms with Crippen molar-refractivity contribution in [1.82, 2.24) is 9.97 Å². The van der Waals surface area contributed by atoms with Gasteiger partial charge in [0.15, 0.2) is 0 Å². The van der Waals surface area contributed by atoms with Gasteiger partial charge >= 0.3 is 0 Å². The number of nitrogens with zero attached hydrogens (tertiary/aromatic N) is 2. The summed E-state index contributed by atoms with van der Waals surface area (Å²) in [5, 5.41) is 4.89. The van der Waals surface area contributed by atoms with Crippen LogP contribution < -0.4 is 5.32 Å². The van der Waals surface area contributed by atoms with Crippen LogP contribution in [0.2, 0.25) is 10.0 Å². The van der Waals surface area contributed by atoms with E-state index >= 15 is 0 Å². The molecular formula is C9H7Cl2N3. The van der Waals surface area contributed by atoms with Gasteiger partial charge in [-0.3, -0.25) is 0 Å². The summed E-state index contributed by atoms with van der Waals surface area (Å²) in [5.74, 6) is 0.722. The van der Waals surface area contributed by atoms with E-state index in [9.17, 15) is 0 Å². The standard InChI is InChI=1S/C9H7Cl2N3/c1-12-9-6-2-5(10)3-7(11)8(6)13-4-14-9/h2-4H,1H3,(H,12,13,14). The predicted octanol–water partition coefficient (Wildman–Crippen LogP) is 2.98. The third-order valence-corrected chi connectivity index (χ3v) is 2.40. The van der Waals surface area contributed by atoms with E-state index in [-0.39, 0.29) is 0 Å². The van der Waals surface area contributed by atoms with Crippen LogP contribution in [0.1, 0.15) is 0 Å². The van der Waals surface area contributed by atoms with E-state index in [1.54, 1.807) is 19.2 Å². The van der Waals surface area contributed by atoms with Crippen molar-refractivity contribution in [2.45, 2.75) is 0 Å². The Balaban J connectivity index is 2.86. The van der Waals surface area contributed by atoms with Crippen LogP contribution in [0.5, 0.6) is 0 Å². The first kappa shape index (κ1) is 9.49. The fourth-order valence-electron chi connectivity index (χ4n) is 1.29. The first-order valence-electron chi connectivity index (χ1n) is 4.00. The highest BCUT2D eigenvalue weighted by atomic mass is 35.5. The van der Waals surface area contributed by atoms with E-state index in [0.29, 0.717) is 15.6 Å². The Bertz CT molecular complexity index is 485. The third kappa shape index (κ3) is 1.49. The van der Waals surface area contributed by atoms with Gasteiger partial charge in [-0.25, -0.2) is 9.97 Å². The minimum atomic E-state index is 0.534. The average Bonchev–Trinajstić information content (AvgIpc) is 2.17. The minimum absolute atomic E-state index is 0.534. The normalized spacial score (nSPS) is 10.5. The maximum atomic E-state index is 5.99. The van der Waals surface area contributed by atoms with Crippen LogP contribution in [0.25, 0.3) is 10.9 Å². The van der Waals surface area contributed by atoms with Crippen LogP contribution >= 0.6 is 23.2 Å². The molecule has 0 atom stereocenters. The highest BCUT2D eigenvalue weighted by molar-refractivity contribution is 6.38. The molecular weight excluding hydrogens is 221 g/mol. The number of hydrogen-bond donors (Lipinski definition) is 1. The quantitative estimate of drug-likeness (QED) is 0.815. The van der Waals surface area contributed by atoms with Gasteiger partial charge in [-0.05, 0) is 12.1 Å².